The number of thiazole rings is 1. The third kappa shape index (κ3) is 2.85. The Kier molecular flexibility index (Phi) is 4.47. The van der Waals surface area contributed by atoms with E-state index in [1.165, 1.54) is 24.8 Å². The largest absolute Gasteiger partial charge is 0.332 e. The Morgan fingerprint density at radius 3 is 2.86 bits per heavy atom. The molecule has 1 aromatic carbocycles. The fourth-order valence-electron chi connectivity index (χ4n) is 4.94. The zero-order valence-corrected chi connectivity index (χ0v) is 16.6. The molecule has 0 radical (unpaired) electrons. The van der Waals surface area contributed by atoms with Crippen molar-refractivity contribution in [2.24, 2.45) is 5.92 Å². The van der Waals surface area contributed by atoms with Gasteiger partial charge in [-0.2, -0.15) is 0 Å². The van der Waals surface area contributed by atoms with Crippen molar-refractivity contribution in [3.63, 3.8) is 0 Å². The minimum absolute atomic E-state index is 0.0984. The van der Waals surface area contributed by atoms with E-state index in [-0.39, 0.29) is 11.4 Å². The van der Waals surface area contributed by atoms with Crippen LogP contribution in [0.15, 0.2) is 60.2 Å². The van der Waals surface area contributed by atoms with Crippen molar-refractivity contribution in [1.29, 1.82) is 0 Å². The van der Waals surface area contributed by atoms with E-state index in [2.05, 4.69) is 40.2 Å². The molecule has 0 bridgehead atoms. The molecule has 4 nitrogen and oxygen atoms in total. The molecule has 1 saturated heterocycles. The molecule has 0 unspecified atom stereocenters. The number of aromatic nitrogens is 2. The van der Waals surface area contributed by atoms with Crippen molar-refractivity contribution in [2.75, 3.05) is 6.54 Å². The monoisotopic (exact) mass is 389 g/mol. The minimum atomic E-state index is -0.0984. The molecule has 0 spiro atoms. The van der Waals surface area contributed by atoms with Gasteiger partial charge in [0.05, 0.1) is 17.7 Å². The quantitative estimate of drug-likeness (QED) is 0.651. The number of likely N-dealkylation sites (tertiary alicyclic amines) is 1. The SMILES string of the molecule is O=C(Cc1csc(-c2cccnc2)n1)N1C[C@@H]2CCCC[C@@]21c1ccccc1. The lowest BCUT2D eigenvalue weighted by molar-refractivity contribution is -0.166. The molecule has 1 amide bonds. The van der Waals surface area contributed by atoms with Crippen LogP contribution in [0, 0.1) is 5.92 Å². The number of carbonyl (C=O) groups excluding carboxylic acids is 1. The van der Waals surface area contributed by atoms with E-state index >= 15 is 0 Å². The smallest absolute Gasteiger partial charge is 0.229 e. The van der Waals surface area contributed by atoms with Crippen LogP contribution in [0.1, 0.15) is 36.9 Å². The lowest BCUT2D eigenvalue weighted by Gasteiger charge is -2.61. The van der Waals surface area contributed by atoms with E-state index in [9.17, 15) is 4.79 Å². The van der Waals surface area contributed by atoms with Crippen molar-refractivity contribution in [3.05, 3.63) is 71.5 Å². The molecular weight excluding hydrogens is 366 g/mol. The second kappa shape index (κ2) is 7.13. The molecule has 0 N–H and O–H groups in total. The first kappa shape index (κ1) is 17.6. The van der Waals surface area contributed by atoms with Crippen LogP contribution in [0.25, 0.3) is 10.6 Å². The summed E-state index contributed by atoms with van der Waals surface area (Å²) >= 11 is 1.58. The van der Waals surface area contributed by atoms with Gasteiger partial charge in [-0.05, 0) is 30.5 Å². The first-order valence-corrected chi connectivity index (χ1v) is 10.9. The summed E-state index contributed by atoms with van der Waals surface area (Å²) in [5.74, 6) is 0.791. The van der Waals surface area contributed by atoms with E-state index in [0.29, 0.717) is 12.3 Å². The number of carbonyl (C=O) groups is 1. The Labute approximate surface area is 169 Å². The van der Waals surface area contributed by atoms with Gasteiger partial charge in [0, 0.05) is 35.8 Å². The molecule has 2 fully saturated rings. The number of hydrogen-bond acceptors (Lipinski definition) is 4. The van der Waals surface area contributed by atoms with Crippen molar-refractivity contribution < 1.29 is 4.79 Å². The van der Waals surface area contributed by atoms with E-state index in [1.807, 2.05) is 23.7 Å². The summed E-state index contributed by atoms with van der Waals surface area (Å²) in [5.41, 5.74) is 3.06. The lowest BCUT2D eigenvalue weighted by atomic mass is 9.61. The predicted octanol–water partition coefficient (Wildman–Crippen LogP) is 4.68. The maximum absolute atomic E-state index is 13.3. The van der Waals surface area contributed by atoms with Gasteiger partial charge in [0.1, 0.15) is 5.01 Å². The van der Waals surface area contributed by atoms with Gasteiger partial charge in [0.25, 0.3) is 0 Å². The Morgan fingerprint density at radius 1 is 1.18 bits per heavy atom. The molecule has 5 heteroatoms. The molecule has 3 aromatic rings. The average Bonchev–Trinajstić information content (AvgIpc) is 3.19. The topological polar surface area (TPSA) is 46.1 Å². The molecule has 28 heavy (non-hydrogen) atoms. The first-order chi connectivity index (χ1) is 13.8. The maximum atomic E-state index is 13.3. The van der Waals surface area contributed by atoms with Crippen molar-refractivity contribution in [2.45, 2.75) is 37.6 Å². The number of hydrogen-bond donors (Lipinski definition) is 0. The average molecular weight is 390 g/mol. The first-order valence-electron chi connectivity index (χ1n) is 9.98. The van der Waals surface area contributed by atoms with Gasteiger partial charge in [-0.1, -0.05) is 43.2 Å². The minimum Gasteiger partial charge on any atom is -0.332 e. The summed E-state index contributed by atoms with van der Waals surface area (Å²) in [6.07, 6.45) is 8.72. The fraction of sp³-hybridized carbons (Fsp3) is 0.348. The van der Waals surface area contributed by atoms with Crippen LogP contribution in [-0.4, -0.2) is 27.3 Å². The molecule has 1 saturated carbocycles. The predicted molar refractivity (Wildman–Crippen MR) is 111 cm³/mol. The van der Waals surface area contributed by atoms with Gasteiger partial charge in [-0.25, -0.2) is 4.98 Å². The van der Waals surface area contributed by atoms with Gasteiger partial charge in [0.15, 0.2) is 0 Å². The molecule has 5 rings (SSSR count). The summed E-state index contributed by atoms with van der Waals surface area (Å²) in [5, 5.41) is 2.93. The van der Waals surface area contributed by atoms with Gasteiger partial charge in [-0.3, -0.25) is 9.78 Å². The van der Waals surface area contributed by atoms with Gasteiger partial charge in [0.2, 0.25) is 5.91 Å². The zero-order chi connectivity index (χ0) is 19.0. The molecule has 3 heterocycles. The highest BCUT2D eigenvalue weighted by molar-refractivity contribution is 7.13. The number of benzene rings is 1. The van der Waals surface area contributed by atoms with Crippen LogP contribution < -0.4 is 0 Å². The second-order valence-electron chi connectivity index (χ2n) is 7.80. The van der Waals surface area contributed by atoms with Crippen molar-refractivity contribution in [1.82, 2.24) is 14.9 Å². The van der Waals surface area contributed by atoms with Gasteiger partial charge in [-0.15, -0.1) is 11.3 Å². The van der Waals surface area contributed by atoms with Crippen LogP contribution in [0.2, 0.25) is 0 Å². The summed E-state index contributed by atoms with van der Waals surface area (Å²) in [4.78, 5) is 24.2. The van der Waals surface area contributed by atoms with Crippen molar-refractivity contribution >= 4 is 17.2 Å². The molecule has 1 aliphatic carbocycles. The highest BCUT2D eigenvalue weighted by Gasteiger charge is 2.56. The number of nitrogens with zero attached hydrogens (tertiary/aromatic N) is 3. The number of pyridine rings is 1. The Morgan fingerprint density at radius 2 is 2.07 bits per heavy atom. The summed E-state index contributed by atoms with van der Waals surface area (Å²) in [6, 6.07) is 14.5. The maximum Gasteiger partial charge on any atom is 0.229 e. The third-order valence-corrected chi connectivity index (χ3v) is 7.23. The molecule has 2 aliphatic rings. The van der Waals surface area contributed by atoms with Crippen LogP contribution in [0.4, 0.5) is 0 Å². The molecule has 2 aromatic heterocycles. The highest BCUT2D eigenvalue weighted by Crippen LogP contribution is 2.53. The molecule has 2 atom stereocenters. The van der Waals surface area contributed by atoms with Gasteiger partial charge < -0.3 is 4.90 Å². The summed E-state index contributed by atoms with van der Waals surface area (Å²) in [7, 11) is 0. The third-order valence-electron chi connectivity index (χ3n) is 6.29. The lowest BCUT2D eigenvalue weighted by Crippen LogP contribution is -2.67. The van der Waals surface area contributed by atoms with E-state index < -0.39 is 0 Å². The van der Waals surface area contributed by atoms with Gasteiger partial charge >= 0.3 is 0 Å². The highest BCUT2D eigenvalue weighted by atomic mass is 32.1. The number of amides is 1. The normalized spacial score (nSPS) is 23.7. The zero-order valence-electron chi connectivity index (χ0n) is 15.8. The van der Waals surface area contributed by atoms with E-state index in [4.69, 9.17) is 4.98 Å². The van der Waals surface area contributed by atoms with Crippen molar-refractivity contribution in [3.8, 4) is 10.6 Å². The van der Waals surface area contributed by atoms with E-state index in [1.54, 1.807) is 17.5 Å². The molecular formula is C23H23N3OS. The molecule has 142 valence electrons. The van der Waals surface area contributed by atoms with Crippen LogP contribution >= 0.6 is 11.3 Å². The van der Waals surface area contributed by atoms with Crippen LogP contribution in [0.3, 0.4) is 0 Å². The fourth-order valence-corrected chi connectivity index (χ4v) is 5.75. The van der Waals surface area contributed by atoms with Crippen LogP contribution in [-0.2, 0) is 16.8 Å². The standard InChI is InChI=1S/C23H23N3OS/c27-21(13-20-16-28-22(25-20)17-7-6-12-24-14-17)26-15-19-10-4-5-11-23(19,26)18-8-2-1-3-9-18/h1-3,6-9,12,14,16,19H,4-5,10-11,13,15H2/t19-,23+/m0/s1. The second-order valence-corrected chi connectivity index (χ2v) is 8.66. The van der Waals surface area contributed by atoms with Crippen LogP contribution in [0.5, 0.6) is 0 Å². The summed E-state index contributed by atoms with van der Waals surface area (Å²) in [6.45, 7) is 0.882. The number of fused-ring (bicyclic) bond motifs is 1. The summed E-state index contributed by atoms with van der Waals surface area (Å²) < 4.78 is 0. The Balaban J connectivity index is 1.38. The number of rotatable bonds is 4. The molecule has 1 aliphatic heterocycles. The Hall–Kier alpha value is -2.53. The van der Waals surface area contributed by atoms with E-state index in [0.717, 1.165) is 29.2 Å². The Bertz CT molecular complexity index is 972.